The van der Waals surface area contributed by atoms with Crippen LogP contribution in [0.2, 0.25) is 0 Å². The summed E-state index contributed by atoms with van der Waals surface area (Å²) in [7, 11) is 0. The molecule has 2 unspecified atom stereocenters. The second kappa shape index (κ2) is 7.00. The average Bonchev–Trinajstić information content (AvgIpc) is 3.49. The summed E-state index contributed by atoms with van der Waals surface area (Å²) in [5.74, 6) is -1.58. The maximum Gasteiger partial charge on any atom is 0.341 e. The Morgan fingerprint density at radius 3 is 2.75 bits per heavy atom. The Bertz CT molecular complexity index is 1000. The Labute approximate surface area is 167 Å². The van der Waals surface area contributed by atoms with Crippen LogP contribution in [0.1, 0.15) is 48.5 Å². The molecule has 150 valence electrons. The van der Waals surface area contributed by atoms with Gasteiger partial charge in [-0.1, -0.05) is 0 Å². The van der Waals surface area contributed by atoms with Crippen LogP contribution in [-0.2, 0) is 0 Å². The molecule has 6 rings (SSSR count). The molecule has 0 radical (unpaired) electrons. The standard InChI is InChI=1S/C19H21FN4O3.ClH/c20-15-6-13-16(25)14(19(26)27)9-24(11-4-5-11)17(13)22-18(15)23-8-10-2-1-3-12(23)7-21-10;/h6,9-12,21H,1-5,7-8H2,(H,26,27);1H. The van der Waals surface area contributed by atoms with E-state index in [4.69, 9.17) is 0 Å². The molecule has 0 spiro atoms. The van der Waals surface area contributed by atoms with Crippen LogP contribution in [0.3, 0.4) is 0 Å². The summed E-state index contributed by atoms with van der Waals surface area (Å²) < 4.78 is 16.7. The maximum absolute atomic E-state index is 15.0. The topological polar surface area (TPSA) is 87.5 Å². The molecule has 2 N–H and O–H groups in total. The number of aromatic nitrogens is 2. The minimum atomic E-state index is -1.29. The highest BCUT2D eigenvalue weighted by atomic mass is 35.5. The Balaban J connectivity index is 0.00000192. The highest BCUT2D eigenvalue weighted by Crippen LogP contribution is 2.37. The van der Waals surface area contributed by atoms with Gasteiger partial charge in [0.25, 0.3) is 0 Å². The molecular weight excluding hydrogens is 387 g/mol. The number of nitrogens with one attached hydrogen (secondary N) is 1. The van der Waals surface area contributed by atoms with Crippen molar-refractivity contribution in [2.75, 3.05) is 18.0 Å². The molecule has 4 aliphatic rings. The van der Waals surface area contributed by atoms with Crippen LogP contribution in [0, 0.1) is 5.82 Å². The first kappa shape index (κ1) is 19.1. The van der Waals surface area contributed by atoms with E-state index in [0.717, 1.165) is 38.6 Å². The van der Waals surface area contributed by atoms with Gasteiger partial charge >= 0.3 is 5.97 Å². The van der Waals surface area contributed by atoms with E-state index in [1.807, 2.05) is 4.90 Å². The predicted molar refractivity (Wildman–Crippen MR) is 105 cm³/mol. The number of hydrogen-bond acceptors (Lipinski definition) is 5. The number of fused-ring (bicyclic) bond motifs is 5. The quantitative estimate of drug-likeness (QED) is 0.810. The third-order valence-corrected chi connectivity index (χ3v) is 5.97. The first-order chi connectivity index (χ1) is 13.0. The lowest BCUT2D eigenvalue weighted by molar-refractivity contribution is 0.0695. The lowest BCUT2D eigenvalue weighted by Gasteiger charge is -2.38. The molecule has 5 heterocycles. The van der Waals surface area contributed by atoms with E-state index in [2.05, 4.69) is 10.3 Å². The Kier molecular flexibility index (Phi) is 4.79. The lowest BCUT2D eigenvalue weighted by Crippen LogP contribution is -2.55. The van der Waals surface area contributed by atoms with Crippen LogP contribution in [0.5, 0.6) is 0 Å². The Morgan fingerprint density at radius 2 is 2.04 bits per heavy atom. The highest BCUT2D eigenvalue weighted by molar-refractivity contribution is 5.92. The van der Waals surface area contributed by atoms with Crippen molar-refractivity contribution in [2.45, 2.75) is 50.2 Å². The van der Waals surface area contributed by atoms with Crippen LogP contribution in [0.15, 0.2) is 17.1 Å². The zero-order valence-corrected chi connectivity index (χ0v) is 16.0. The third kappa shape index (κ3) is 3.04. The second-order valence-electron chi connectivity index (χ2n) is 7.82. The minimum Gasteiger partial charge on any atom is -0.477 e. The molecule has 0 amide bonds. The van der Waals surface area contributed by atoms with Crippen molar-refractivity contribution in [3.8, 4) is 0 Å². The van der Waals surface area contributed by atoms with Gasteiger partial charge in [0.1, 0.15) is 11.2 Å². The van der Waals surface area contributed by atoms with Gasteiger partial charge in [0, 0.05) is 37.4 Å². The molecule has 1 saturated carbocycles. The van der Waals surface area contributed by atoms with E-state index < -0.39 is 17.2 Å². The number of carbonyl (C=O) groups is 1. The normalized spacial score (nSPS) is 24.1. The summed E-state index contributed by atoms with van der Waals surface area (Å²) in [6.45, 7) is 1.50. The van der Waals surface area contributed by atoms with Gasteiger partial charge in [-0.25, -0.2) is 14.2 Å². The summed E-state index contributed by atoms with van der Waals surface area (Å²) in [5, 5.41) is 12.9. The van der Waals surface area contributed by atoms with Gasteiger partial charge in [0.2, 0.25) is 5.43 Å². The van der Waals surface area contributed by atoms with Crippen LogP contribution in [0.25, 0.3) is 11.0 Å². The fourth-order valence-corrected chi connectivity index (χ4v) is 4.40. The first-order valence-electron chi connectivity index (χ1n) is 9.51. The summed E-state index contributed by atoms with van der Waals surface area (Å²) in [6, 6.07) is 1.81. The summed E-state index contributed by atoms with van der Waals surface area (Å²) in [6.07, 6.45) is 6.33. The van der Waals surface area contributed by atoms with Gasteiger partial charge in [-0.2, -0.15) is 0 Å². The van der Waals surface area contributed by atoms with E-state index in [-0.39, 0.29) is 41.3 Å². The number of pyridine rings is 2. The molecule has 2 atom stereocenters. The molecule has 3 saturated heterocycles. The van der Waals surface area contributed by atoms with E-state index in [9.17, 15) is 14.7 Å². The van der Waals surface area contributed by atoms with Crippen molar-refractivity contribution in [1.82, 2.24) is 14.9 Å². The molecule has 3 aliphatic heterocycles. The van der Waals surface area contributed by atoms with Gasteiger partial charge in [-0.3, -0.25) is 4.79 Å². The number of carboxylic acids is 1. The summed E-state index contributed by atoms with van der Waals surface area (Å²) >= 11 is 0. The molecular formula is C19H22ClFN4O3. The minimum absolute atomic E-state index is 0. The van der Waals surface area contributed by atoms with Gasteiger partial charge in [0.15, 0.2) is 11.6 Å². The van der Waals surface area contributed by atoms with E-state index in [1.54, 1.807) is 4.57 Å². The number of rotatable bonds is 3. The molecule has 9 heteroatoms. The van der Waals surface area contributed by atoms with Crippen LogP contribution >= 0.6 is 12.4 Å². The van der Waals surface area contributed by atoms with Crippen molar-refractivity contribution in [3.05, 3.63) is 33.9 Å². The molecule has 28 heavy (non-hydrogen) atoms. The van der Waals surface area contributed by atoms with Crippen LogP contribution in [0.4, 0.5) is 10.2 Å². The number of aromatic carboxylic acids is 1. The first-order valence-corrected chi connectivity index (χ1v) is 9.51. The number of hydrogen-bond donors (Lipinski definition) is 2. The lowest BCUT2D eigenvalue weighted by atomic mass is 10.1. The van der Waals surface area contributed by atoms with Crippen LogP contribution in [-0.4, -0.2) is 45.8 Å². The molecule has 1 aliphatic carbocycles. The van der Waals surface area contributed by atoms with Crippen molar-refractivity contribution in [2.24, 2.45) is 0 Å². The molecule has 2 bridgehead atoms. The maximum atomic E-state index is 15.0. The van der Waals surface area contributed by atoms with Crippen molar-refractivity contribution >= 4 is 35.2 Å². The SMILES string of the molecule is Cl.O=C(O)c1cn(C2CC2)c2nc(N3CC4CCCC3CN4)c(F)cc2c1=O. The number of carboxylic acid groups (broad SMARTS) is 1. The van der Waals surface area contributed by atoms with Gasteiger partial charge in [-0.05, 0) is 38.2 Å². The number of anilines is 1. The molecule has 4 fully saturated rings. The number of halogens is 2. The fraction of sp³-hybridized carbons (Fsp3) is 0.526. The molecule has 7 nitrogen and oxygen atoms in total. The Hall–Kier alpha value is -2.19. The molecule has 2 aromatic heterocycles. The van der Waals surface area contributed by atoms with Crippen molar-refractivity contribution in [1.29, 1.82) is 0 Å². The number of nitrogens with zero attached hydrogens (tertiary/aromatic N) is 3. The van der Waals surface area contributed by atoms with Gasteiger partial charge < -0.3 is 19.9 Å². The summed E-state index contributed by atoms with van der Waals surface area (Å²) in [5.41, 5.74) is -0.621. The third-order valence-electron chi connectivity index (χ3n) is 5.97. The Morgan fingerprint density at radius 1 is 1.25 bits per heavy atom. The van der Waals surface area contributed by atoms with Crippen molar-refractivity contribution in [3.63, 3.8) is 0 Å². The second-order valence-corrected chi connectivity index (χ2v) is 7.82. The monoisotopic (exact) mass is 408 g/mol. The van der Waals surface area contributed by atoms with Gasteiger partial charge in [0.05, 0.1) is 5.39 Å². The van der Waals surface area contributed by atoms with E-state index in [1.165, 1.54) is 12.3 Å². The number of piperazine rings is 1. The summed E-state index contributed by atoms with van der Waals surface area (Å²) in [4.78, 5) is 30.6. The fourth-order valence-electron chi connectivity index (χ4n) is 4.40. The zero-order chi connectivity index (χ0) is 18.7. The zero-order valence-electron chi connectivity index (χ0n) is 15.2. The van der Waals surface area contributed by atoms with Crippen molar-refractivity contribution < 1.29 is 14.3 Å². The largest absolute Gasteiger partial charge is 0.477 e. The van der Waals surface area contributed by atoms with Crippen LogP contribution < -0.4 is 15.6 Å². The predicted octanol–water partition coefficient (Wildman–Crippen LogP) is 2.32. The highest BCUT2D eigenvalue weighted by Gasteiger charge is 2.34. The van der Waals surface area contributed by atoms with E-state index in [0.29, 0.717) is 18.2 Å². The average molecular weight is 409 g/mol. The smallest absolute Gasteiger partial charge is 0.341 e. The molecule has 2 aromatic rings. The van der Waals surface area contributed by atoms with E-state index >= 15 is 4.39 Å². The van der Waals surface area contributed by atoms with Gasteiger partial charge in [-0.15, -0.1) is 12.4 Å². The molecule has 0 aromatic carbocycles.